The maximum atomic E-state index is 12.7. The lowest BCUT2D eigenvalue weighted by Crippen LogP contribution is -2.56. The molecule has 6 nitrogen and oxygen atoms in total. The van der Waals surface area contributed by atoms with Crippen molar-refractivity contribution in [1.29, 1.82) is 0 Å². The normalized spacial score (nSPS) is 36.1. The SMILES string of the molecule is C[C@@H]1CN(S(=O)(=O)N2CCC[C@H]2CN)[C@@H](C)CO1. The molecule has 2 saturated heterocycles. The molecule has 0 bridgehead atoms. The molecule has 2 aliphatic heterocycles. The fraction of sp³-hybridized carbons (Fsp3) is 1.00. The van der Waals surface area contributed by atoms with Gasteiger partial charge in [0.05, 0.1) is 12.7 Å². The molecule has 0 aromatic rings. The maximum Gasteiger partial charge on any atom is 0.282 e. The van der Waals surface area contributed by atoms with Crippen LogP contribution in [0, 0.1) is 0 Å². The number of ether oxygens (including phenoxy) is 1. The number of hydrogen-bond acceptors (Lipinski definition) is 4. The topological polar surface area (TPSA) is 75.9 Å². The van der Waals surface area contributed by atoms with E-state index in [9.17, 15) is 8.42 Å². The average molecular weight is 277 g/mol. The van der Waals surface area contributed by atoms with Crippen molar-refractivity contribution in [1.82, 2.24) is 8.61 Å². The first-order valence-corrected chi connectivity index (χ1v) is 7.96. The van der Waals surface area contributed by atoms with E-state index in [4.69, 9.17) is 10.5 Å². The zero-order chi connectivity index (χ0) is 13.3. The van der Waals surface area contributed by atoms with Crippen LogP contribution in [0.25, 0.3) is 0 Å². The van der Waals surface area contributed by atoms with Crippen LogP contribution in [0.5, 0.6) is 0 Å². The first-order valence-electron chi connectivity index (χ1n) is 6.57. The van der Waals surface area contributed by atoms with Crippen molar-refractivity contribution in [2.75, 3.05) is 26.2 Å². The van der Waals surface area contributed by atoms with Crippen LogP contribution >= 0.6 is 0 Å². The molecule has 2 heterocycles. The molecule has 2 N–H and O–H groups in total. The van der Waals surface area contributed by atoms with E-state index >= 15 is 0 Å². The molecule has 106 valence electrons. The summed E-state index contributed by atoms with van der Waals surface area (Å²) in [6, 6.07) is -0.148. The predicted octanol–water partition coefficient (Wildman–Crippen LogP) is -0.236. The van der Waals surface area contributed by atoms with E-state index in [2.05, 4.69) is 0 Å². The van der Waals surface area contributed by atoms with Crippen molar-refractivity contribution < 1.29 is 13.2 Å². The Morgan fingerprint density at radius 2 is 2.06 bits per heavy atom. The Labute approximate surface area is 109 Å². The van der Waals surface area contributed by atoms with Crippen LogP contribution in [0.3, 0.4) is 0 Å². The standard InChI is InChI=1S/C11H23N3O3S/c1-9-8-17-10(2)7-14(9)18(15,16)13-5-3-4-11(13)6-12/h9-11H,3-8,12H2,1-2H3/t9-,10+,11-/m0/s1. The molecule has 0 unspecified atom stereocenters. The first kappa shape index (κ1) is 14.2. The molecule has 7 heteroatoms. The molecule has 2 rings (SSSR count). The monoisotopic (exact) mass is 277 g/mol. The van der Waals surface area contributed by atoms with Crippen LogP contribution in [0.15, 0.2) is 0 Å². The van der Waals surface area contributed by atoms with Gasteiger partial charge in [0.15, 0.2) is 0 Å². The summed E-state index contributed by atoms with van der Waals surface area (Å²) < 4.78 is 33.9. The van der Waals surface area contributed by atoms with Gasteiger partial charge in [-0.05, 0) is 26.7 Å². The zero-order valence-corrected chi connectivity index (χ0v) is 11.9. The van der Waals surface area contributed by atoms with Gasteiger partial charge in [0.25, 0.3) is 10.2 Å². The van der Waals surface area contributed by atoms with Crippen LogP contribution in [0.1, 0.15) is 26.7 Å². The molecule has 18 heavy (non-hydrogen) atoms. The predicted molar refractivity (Wildman–Crippen MR) is 69.3 cm³/mol. The van der Waals surface area contributed by atoms with Crippen LogP contribution in [-0.2, 0) is 14.9 Å². The number of nitrogens with two attached hydrogens (primary N) is 1. The van der Waals surface area contributed by atoms with Crippen molar-refractivity contribution >= 4 is 10.2 Å². The Bertz CT molecular complexity index is 387. The minimum absolute atomic E-state index is 0.0413. The summed E-state index contributed by atoms with van der Waals surface area (Å²) in [5.41, 5.74) is 5.66. The number of hydrogen-bond donors (Lipinski definition) is 1. The van der Waals surface area contributed by atoms with Crippen molar-refractivity contribution in [3.63, 3.8) is 0 Å². The second-order valence-corrected chi connectivity index (χ2v) is 7.05. The Morgan fingerprint density at radius 3 is 2.72 bits per heavy atom. The van der Waals surface area contributed by atoms with Gasteiger partial charge in [-0.15, -0.1) is 0 Å². The first-order chi connectivity index (χ1) is 8.46. The third kappa shape index (κ3) is 2.55. The van der Waals surface area contributed by atoms with Crippen molar-refractivity contribution in [3.8, 4) is 0 Å². The molecule has 2 aliphatic rings. The van der Waals surface area contributed by atoms with Gasteiger partial charge in [-0.25, -0.2) is 0 Å². The summed E-state index contributed by atoms with van der Waals surface area (Å²) in [5, 5.41) is 0. The van der Waals surface area contributed by atoms with Gasteiger partial charge < -0.3 is 10.5 Å². The van der Waals surface area contributed by atoms with Gasteiger partial charge in [0.1, 0.15) is 0 Å². The van der Waals surface area contributed by atoms with E-state index in [-0.39, 0.29) is 18.2 Å². The number of nitrogens with zero attached hydrogens (tertiary/aromatic N) is 2. The molecular formula is C11H23N3O3S. The fourth-order valence-electron chi connectivity index (χ4n) is 2.68. The summed E-state index contributed by atoms with van der Waals surface area (Å²) in [6.45, 7) is 5.66. The fourth-order valence-corrected chi connectivity index (χ4v) is 4.79. The third-order valence-electron chi connectivity index (χ3n) is 3.74. The summed E-state index contributed by atoms with van der Waals surface area (Å²) in [5.74, 6) is 0. The summed E-state index contributed by atoms with van der Waals surface area (Å²) in [4.78, 5) is 0. The van der Waals surface area contributed by atoms with Gasteiger partial charge in [-0.3, -0.25) is 0 Å². The molecule has 0 saturated carbocycles. The third-order valence-corrected chi connectivity index (χ3v) is 5.91. The largest absolute Gasteiger partial charge is 0.375 e. The molecule has 0 radical (unpaired) electrons. The van der Waals surface area contributed by atoms with E-state index in [1.807, 2.05) is 13.8 Å². The molecule has 0 aromatic carbocycles. The molecule has 3 atom stereocenters. The summed E-state index contributed by atoms with van der Waals surface area (Å²) in [7, 11) is -3.40. The molecule has 0 spiro atoms. The molecule has 0 aromatic heterocycles. The minimum Gasteiger partial charge on any atom is -0.375 e. The quantitative estimate of drug-likeness (QED) is 0.773. The lowest BCUT2D eigenvalue weighted by atomic mass is 10.2. The minimum atomic E-state index is -3.40. The van der Waals surface area contributed by atoms with Crippen molar-refractivity contribution in [3.05, 3.63) is 0 Å². The van der Waals surface area contributed by atoms with Gasteiger partial charge >= 0.3 is 0 Å². The van der Waals surface area contributed by atoms with E-state index in [1.165, 1.54) is 0 Å². The number of rotatable bonds is 3. The van der Waals surface area contributed by atoms with Crippen molar-refractivity contribution in [2.24, 2.45) is 5.73 Å². The van der Waals surface area contributed by atoms with Crippen LogP contribution < -0.4 is 5.73 Å². The van der Waals surface area contributed by atoms with Gasteiger partial charge in [-0.2, -0.15) is 17.0 Å². The van der Waals surface area contributed by atoms with Crippen LogP contribution in [0.4, 0.5) is 0 Å². The highest BCUT2D eigenvalue weighted by molar-refractivity contribution is 7.86. The summed E-state index contributed by atoms with van der Waals surface area (Å²) in [6.07, 6.45) is 1.72. The highest BCUT2D eigenvalue weighted by Gasteiger charge is 2.41. The molecule has 2 fully saturated rings. The molecule has 0 amide bonds. The van der Waals surface area contributed by atoms with Crippen LogP contribution in [0.2, 0.25) is 0 Å². The second-order valence-electron chi connectivity index (χ2n) is 5.21. The van der Waals surface area contributed by atoms with E-state index < -0.39 is 10.2 Å². The highest BCUT2D eigenvalue weighted by Crippen LogP contribution is 2.25. The lowest BCUT2D eigenvalue weighted by Gasteiger charge is -2.39. The zero-order valence-electron chi connectivity index (χ0n) is 11.1. The molecular weight excluding hydrogens is 254 g/mol. The highest BCUT2D eigenvalue weighted by atomic mass is 32.2. The average Bonchev–Trinajstić information content (AvgIpc) is 2.81. The molecule has 0 aliphatic carbocycles. The van der Waals surface area contributed by atoms with Gasteiger partial charge in [0.2, 0.25) is 0 Å². The Balaban J connectivity index is 2.19. The number of morpholine rings is 1. The van der Waals surface area contributed by atoms with E-state index in [0.717, 1.165) is 12.8 Å². The lowest BCUT2D eigenvalue weighted by molar-refractivity contribution is -0.0191. The second kappa shape index (κ2) is 5.42. The van der Waals surface area contributed by atoms with Gasteiger partial charge in [-0.1, -0.05) is 0 Å². The van der Waals surface area contributed by atoms with E-state index in [0.29, 0.717) is 26.2 Å². The van der Waals surface area contributed by atoms with Crippen molar-refractivity contribution in [2.45, 2.75) is 44.9 Å². The summed E-state index contributed by atoms with van der Waals surface area (Å²) >= 11 is 0. The van der Waals surface area contributed by atoms with Crippen LogP contribution in [-0.4, -0.2) is 61.5 Å². The van der Waals surface area contributed by atoms with E-state index in [1.54, 1.807) is 8.61 Å². The van der Waals surface area contributed by atoms with Gasteiger partial charge in [0, 0.05) is 31.7 Å². The Kier molecular flexibility index (Phi) is 4.28. The smallest absolute Gasteiger partial charge is 0.282 e. The maximum absolute atomic E-state index is 12.7. The Morgan fingerprint density at radius 1 is 1.33 bits per heavy atom. The Hall–Kier alpha value is -0.210.